The molecule has 0 aliphatic rings. The van der Waals surface area contributed by atoms with Crippen molar-refractivity contribution in [3.8, 4) is 5.75 Å². The van der Waals surface area contributed by atoms with Crippen LogP contribution in [0.4, 0.5) is 0 Å². The van der Waals surface area contributed by atoms with Crippen molar-refractivity contribution in [3.05, 3.63) is 54.6 Å². The number of rotatable bonds is 7. The van der Waals surface area contributed by atoms with E-state index < -0.39 is 23.9 Å². The van der Waals surface area contributed by atoms with Crippen LogP contribution in [0.1, 0.15) is 17.3 Å². The maximum Gasteiger partial charge on any atom is 0.366 e. The Morgan fingerprint density at radius 1 is 1.33 bits per heavy atom. The lowest BCUT2D eigenvalue weighted by Gasteiger charge is -2.18. The molecule has 0 fully saturated rings. The topological polar surface area (TPSA) is 92.7 Å². The van der Waals surface area contributed by atoms with E-state index in [1.807, 2.05) is 0 Å². The monoisotopic (exact) mass is 289 g/mol. The molecule has 0 saturated carbocycles. The zero-order valence-corrected chi connectivity index (χ0v) is 11.5. The van der Waals surface area contributed by atoms with Crippen LogP contribution >= 0.6 is 0 Å². The van der Waals surface area contributed by atoms with E-state index in [9.17, 15) is 14.4 Å². The van der Waals surface area contributed by atoms with Crippen LogP contribution < -0.4 is 10.1 Å². The zero-order chi connectivity index (χ0) is 16.0. The second-order valence-corrected chi connectivity index (χ2v) is 4.15. The van der Waals surface area contributed by atoms with Gasteiger partial charge in [0.2, 0.25) is 5.91 Å². The van der Waals surface area contributed by atoms with Crippen LogP contribution in [0.25, 0.3) is 0 Å². The number of allylic oxidation sites excluding steroid dienone is 1. The minimum Gasteiger partial charge on any atom is -0.477 e. The van der Waals surface area contributed by atoms with Crippen molar-refractivity contribution in [3.63, 3.8) is 0 Å². The highest BCUT2D eigenvalue weighted by Crippen LogP contribution is 2.20. The van der Waals surface area contributed by atoms with Gasteiger partial charge in [-0.2, -0.15) is 0 Å². The third-order valence-electron chi connectivity index (χ3n) is 2.46. The number of carboxylic acids is 1. The number of hydrogen-bond acceptors (Lipinski definition) is 4. The lowest BCUT2D eigenvalue weighted by molar-refractivity contribution is -0.148. The Balaban J connectivity index is 3.02. The van der Waals surface area contributed by atoms with Crippen LogP contribution in [0.3, 0.4) is 0 Å². The Labute approximate surface area is 121 Å². The summed E-state index contributed by atoms with van der Waals surface area (Å²) in [7, 11) is 0. The molecule has 1 amide bonds. The van der Waals surface area contributed by atoms with E-state index in [4.69, 9.17) is 9.84 Å². The summed E-state index contributed by atoms with van der Waals surface area (Å²) in [6.45, 7) is 8.20. The molecule has 1 atom stereocenters. The number of benzene rings is 1. The molecule has 0 bridgehead atoms. The first-order valence-corrected chi connectivity index (χ1v) is 5.98. The number of carbonyl (C=O) groups is 3. The SMILES string of the molecule is C=CC(=O)c1ccccc1OC(NC(=O)C(=C)C)C(=O)O. The smallest absolute Gasteiger partial charge is 0.366 e. The van der Waals surface area contributed by atoms with Crippen molar-refractivity contribution in [2.45, 2.75) is 13.2 Å². The predicted molar refractivity (Wildman–Crippen MR) is 76.0 cm³/mol. The number of hydrogen-bond donors (Lipinski definition) is 2. The predicted octanol–water partition coefficient (Wildman–Crippen LogP) is 1.54. The molecular weight excluding hydrogens is 274 g/mol. The number of aliphatic carboxylic acids is 1. The van der Waals surface area contributed by atoms with Crippen molar-refractivity contribution >= 4 is 17.7 Å². The summed E-state index contributed by atoms with van der Waals surface area (Å²) >= 11 is 0. The summed E-state index contributed by atoms with van der Waals surface area (Å²) in [6, 6.07) is 6.08. The van der Waals surface area contributed by atoms with Crippen LogP contribution in [-0.4, -0.2) is 29.0 Å². The number of para-hydroxylation sites is 1. The minimum absolute atomic E-state index is 0.0387. The Morgan fingerprint density at radius 3 is 2.48 bits per heavy atom. The molecule has 1 aromatic carbocycles. The van der Waals surface area contributed by atoms with Gasteiger partial charge >= 0.3 is 5.97 Å². The van der Waals surface area contributed by atoms with Gasteiger partial charge in [-0.05, 0) is 25.1 Å². The standard InChI is InChI=1S/C15H15NO5/c1-4-11(17)10-7-5-6-8-12(10)21-14(15(19)20)16-13(18)9(2)3/h4-8,14H,1-2H2,3H3,(H,16,18)(H,19,20). The second kappa shape index (κ2) is 7.04. The number of carboxylic acid groups (broad SMARTS) is 1. The van der Waals surface area contributed by atoms with Gasteiger partial charge in [-0.3, -0.25) is 9.59 Å². The molecule has 1 rings (SSSR count). The molecule has 0 aliphatic heterocycles. The molecular formula is C15H15NO5. The zero-order valence-electron chi connectivity index (χ0n) is 11.5. The molecule has 21 heavy (non-hydrogen) atoms. The Morgan fingerprint density at radius 2 is 1.95 bits per heavy atom. The molecule has 0 aromatic heterocycles. The Kier molecular flexibility index (Phi) is 5.42. The molecule has 2 N–H and O–H groups in total. The number of carbonyl (C=O) groups excluding carboxylic acids is 2. The van der Waals surface area contributed by atoms with Crippen molar-refractivity contribution in [2.75, 3.05) is 0 Å². The quantitative estimate of drug-likeness (QED) is 0.451. The average molecular weight is 289 g/mol. The van der Waals surface area contributed by atoms with Crippen LogP contribution in [0.5, 0.6) is 5.75 Å². The van der Waals surface area contributed by atoms with E-state index in [-0.39, 0.29) is 16.9 Å². The highest BCUT2D eigenvalue weighted by Gasteiger charge is 2.23. The lowest BCUT2D eigenvalue weighted by Crippen LogP contribution is -2.45. The maximum absolute atomic E-state index is 11.7. The molecule has 6 nitrogen and oxygen atoms in total. The van der Waals surface area contributed by atoms with E-state index in [0.29, 0.717) is 0 Å². The third kappa shape index (κ3) is 4.31. The summed E-state index contributed by atoms with van der Waals surface area (Å²) < 4.78 is 5.21. The highest BCUT2D eigenvalue weighted by molar-refractivity contribution is 6.06. The molecule has 0 spiro atoms. The largest absolute Gasteiger partial charge is 0.477 e. The third-order valence-corrected chi connectivity index (χ3v) is 2.46. The molecule has 0 saturated heterocycles. The highest BCUT2D eigenvalue weighted by atomic mass is 16.5. The number of nitrogens with one attached hydrogen (secondary N) is 1. The summed E-state index contributed by atoms with van der Waals surface area (Å²) in [5.74, 6) is -2.43. The van der Waals surface area contributed by atoms with Crippen molar-refractivity contribution < 1.29 is 24.2 Å². The molecule has 110 valence electrons. The van der Waals surface area contributed by atoms with Crippen LogP contribution in [0.2, 0.25) is 0 Å². The summed E-state index contributed by atoms with van der Waals surface area (Å²) in [6.07, 6.45) is -0.544. The maximum atomic E-state index is 11.7. The summed E-state index contributed by atoms with van der Waals surface area (Å²) in [4.78, 5) is 34.3. The van der Waals surface area contributed by atoms with Gasteiger partial charge in [-0.1, -0.05) is 25.3 Å². The molecule has 0 aliphatic carbocycles. The van der Waals surface area contributed by atoms with E-state index in [2.05, 4.69) is 18.5 Å². The fraction of sp³-hybridized carbons (Fsp3) is 0.133. The number of amides is 1. The van der Waals surface area contributed by atoms with E-state index in [0.717, 1.165) is 6.08 Å². The van der Waals surface area contributed by atoms with Gasteiger partial charge in [-0.25, -0.2) is 4.79 Å². The molecule has 1 unspecified atom stereocenters. The summed E-state index contributed by atoms with van der Waals surface area (Å²) in [5.41, 5.74) is 0.295. The Hall–Kier alpha value is -2.89. The molecule has 6 heteroatoms. The van der Waals surface area contributed by atoms with Gasteiger partial charge in [0, 0.05) is 5.57 Å². The van der Waals surface area contributed by atoms with Crippen LogP contribution in [-0.2, 0) is 9.59 Å². The minimum atomic E-state index is -1.63. The molecule has 1 aromatic rings. The van der Waals surface area contributed by atoms with Gasteiger partial charge in [0.1, 0.15) is 5.75 Å². The van der Waals surface area contributed by atoms with E-state index in [1.54, 1.807) is 12.1 Å². The lowest BCUT2D eigenvalue weighted by atomic mass is 10.1. The van der Waals surface area contributed by atoms with Gasteiger partial charge in [-0.15, -0.1) is 0 Å². The average Bonchev–Trinajstić information content (AvgIpc) is 2.45. The van der Waals surface area contributed by atoms with E-state index >= 15 is 0 Å². The van der Waals surface area contributed by atoms with E-state index in [1.165, 1.54) is 19.1 Å². The first-order valence-electron chi connectivity index (χ1n) is 5.98. The second-order valence-electron chi connectivity index (χ2n) is 4.15. The fourth-order valence-electron chi connectivity index (χ4n) is 1.39. The van der Waals surface area contributed by atoms with Crippen LogP contribution in [0.15, 0.2) is 49.1 Å². The number of ether oxygens (including phenoxy) is 1. The fourth-order valence-corrected chi connectivity index (χ4v) is 1.39. The van der Waals surface area contributed by atoms with Crippen molar-refractivity contribution in [2.24, 2.45) is 0 Å². The van der Waals surface area contributed by atoms with Gasteiger partial charge in [0.05, 0.1) is 5.56 Å². The first-order chi connectivity index (χ1) is 9.86. The normalized spacial score (nSPS) is 11.1. The van der Waals surface area contributed by atoms with Crippen LogP contribution in [0, 0.1) is 0 Å². The van der Waals surface area contributed by atoms with Crippen molar-refractivity contribution in [1.29, 1.82) is 0 Å². The number of ketones is 1. The summed E-state index contributed by atoms with van der Waals surface area (Å²) in [5, 5.41) is 11.2. The van der Waals surface area contributed by atoms with Gasteiger partial charge in [0.15, 0.2) is 5.78 Å². The molecule has 0 heterocycles. The molecule has 0 radical (unpaired) electrons. The van der Waals surface area contributed by atoms with Crippen molar-refractivity contribution in [1.82, 2.24) is 5.32 Å². The Bertz CT molecular complexity index is 606. The van der Waals surface area contributed by atoms with Gasteiger partial charge < -0.3 is 15.2 Å². The van der Waals surface area contributed by atoms with Gasteiger partial charge in [0.25, 0.3) is 6.23 Å². The first kappa shape index (κ1) is 16.2.